The number of hydrogen-bond donors (Lipinski definition) is 2. The highest BCUT2D eigenvalue weighted by atomic mass is 16.5. The number of aromatic hydroxyl groups is 2. The summed E-state index contributed by atoms with van der Waals surface area (Å²) >= 11 is 0. The van der Waals surface area contributed by atoms with Crippen molar-refractivity contribution in [2.45, 2.75) is 39.8 Å². The normalized spacial score (nSPS) is 11.3. The van der Waals surface area contributed by atoms with Gasteiger partial charge < -0.3 is 29.5 Å². The third-order valence-electron chi connectivity index (χ3n) is 5.43. The summed E-state index contributed by atoms with van der Waals surface area (Å²) < 4.78 is 10.6. The van der Waals surface area contributed by atoms with E-state index >= 15 is 0 Å². The number of hydrogen-bond acceptors (Lipinski definition) is 6. The van der Waals surface area contributed by atoms with Gasteiger partial charge in [-0.05, 0) is 50.2 Å². The zero-order chi connectivity index (χ0) is 22.3. The number of ether oxygens (including phenoxy) is 2. The lowest BCUT2D eigenvalue weighted by atomic mass is 10.1. The van der Waals surface area contributed by atoms with Crippen molar-refractivity contribution in [2.75, 3.05) is 41.4 Å². The molecule has 0 fully saturated rings. The van der Waals surface area contributed by atoms with Crippen molar-refractivity contribution in [2.24, 2.45) is 0 Å². The molecule has 6 heteroatoms. The Hall–Kier alpha value is -2.44. The molecule has 0 heterocycles. The molecule has 0 aromatic heterocycles. The molecular weight excluding hydrogens is 380 g/mol. The molecule has 0 aliphatic carbocycles. The van der Waals surface area contributed by atoms with Crippen LogP contribution in [-0.2, 0) is 25.9 Å². The zero-order valence-electron chi connectivity index (χ0n) is 19.2. The predicted molar refractivity (Wildman–Crippen MR) is 121 cm³/mol. The van der Waals surface area contributed by atoms with Crippen LogP contribution in [0.3, 0.4) is 0 Å². The number of phenolic OH excluding ortho intramolecular Hbond substituents is 2. The third kappa shape index (κ3) is 6.03. The first-order valence-electron chi connectivity index (χ1n) is 10.5. The first-order chi connectivity index (χ1) is 14.3. The molecule has 30 heavy (non-hydrogen) atoms. The van der Waals surface area contributed by atoms with Crippen molar-refractivity contribution in [1.29, 1.82) is 0 Å². The smallest absolute Gasteiger partial charge is 0.162 e. The van der Waals surface area contributed by atoms with Gasteiger partial charge in [-0.25, -0.2) is 0 Å². The first-order valence-corrected chi connectivity index (χ1v) is 10.5. The molecule has 2 rings (SSSR count). The summed E-state index contributed by atoms with van der Waals surface area (Å²) in [6, 6.07) is 7.85. The van der Waals surface area contributed by atoms with Gasteiger partial charge in [0.15, 0.2) is 23.0 Å². The Bertz CT molecular complexity index is 769. The minimum atomic E-state index is 0.211. The van der Waals surface area contributed by atoms with Crippen LogP contribution in [0.15, 0.2) is 24.3 Å². The molecule has 0 amide bonds. The molecule has 2 N–H and O–H groups in total. The van der Waals surface area contributed by atoms with Gasteiger partial charge in [-0.2, -0.15) is 0 Å². The van der Waals surface area contributed by atoms with E-state index in [-0.39, 0.29) is 11.5 Å². The second-order valence-corrected chi connectivity index (χ2v) is 7.79. The number of methoxy groups -OCH3 is 2. The van der Waals surface area contributed by atoms with Crippen LogP contribution >= 0.6 is 0 Å². The van der Waals surface area contributed by atoms with Gasteiger partial charge >= 0.3 is 0 Å². The quantitative estimate of drug-likeness (QED) is 0.581. The van der Waals surface area contributed by atoms with E-state index in [0.717, 1.165) is 48.2 Å². The van der Waals surface area contributed by atoms with Gasteiger partial charge in [0, 0.05) is 37.3 Å². The number of rotatable bonds is 11. The summed E-state index contributed by atoms with van der Waals surface area (Å²) in [5.74, 6) is 1.47. The van der Waals surface area contributed by atoms with Gasteiger partial charge in [0.1, 0.15) is 0 Å². The predicted octanol–water partition coefficient (Wildman–Crippen LogP) is 3.80. The number of likely N-dealkylation sites (N-methyl/N-ethyl adjacent to an activating group) is 2. The molecule has 6 nitrogen and oxygen atoms in total. The van der Waals surface area contributed by atoms with E-state index in [1.165, 1.54) is 0 Å². The van der Waals surface area contributed by atoms with Crippen molar-refractivity contribution in [1.82, 2.24) is 9.80 Å². The lowest BCUT2D eigenvalue weighted by Gasteiger charge is -2.23. The molecule has 0 saturated heterocycles. The molecule has 2 aromatic rings. The Kier molecular flexibility index (Phi) is 8.81. The van der Waals surface area contributed by atoms with Gasteiger partial charge in [-0.1, -0.05) is 26.0 Å². The Morgan fingerprint density at radius 2 is 1.07 bits per heavy atom. The summed E-state index contributed by atoms with van der Waals surface area (Å²) in [6.07, 6.45) is 1.78. The van der Waals surface area contributed by atoms with E-state index in [0.29, 0.717) is 24.6 Å². The van der Waals surface area contributed by atoms with Crippen LogP contribution in [0.5, 0.6) is 23.0 Å². The highest BCUT2D eigenvalue weighted by Gasteiger charge is 2.14. The van der Waals surface area contributed by atoms with Gasteiger partial charge in [-0.15, -0.1) is 0 Å². The van der Waals surface area contributed by atoms with E-state index < -0.39 is 0 Å². The van der Waals surface area contributed by atoms with E-state index in [1.54, 1.807) is 14.2 Å². The third-order valence-corrected chi connectivity index (χ3v) is 5.43. The number of nitrogens with zero attached hydrogens (tertiary/aromatic N) is 2. The highest BCUT2D eigenvalue weighted by molar-refractivity contribution is 5.49. The van der Waals surface area contributed by atoms with Crippen molar-refractivity contribution >= 4 is 0 Å². The summed E-state index contributed by atoms with van der Waals surface area (Å²) in [7, 11) is 7.23. The lowest BCUT2D eigenvalue weighted by molar-refractivity contribution is 0.242. The molecular formula is C24H36N2O4. The van der Waals surface area contributed by atoms with Crippen molar-refractivity contribution in [3.05, 3.63) is 46.5 Å². The monoisotopic (exact) mass is 416 g/mol. The summed E-state index contributed by atoms with van der Waals surface area (Å²) in [4.78, 5) is 4.35. The second kappa shape index (κ2) is 11.1. The average Bonchev–Trinajstić information content (AvgIpc) is 2.75. The van der Waals surface area contributed by atoms with Crippen LogP contribution in [0.4, 0.5) is 0 Å². The fourth-order valence-electron chi connectivity index (χ4n) is 3.50. The fourth-order valence-corrected chi connectivity index (χ4v) is 3.50. The maximum atomic E-state index is 10.5. The molecule has 0 spiro atoms. The second-order valence-electron chi connectivity index (χ2n) is 7.79. The van der Waals surface area contributed by atoms with Gasteiger partial charge in [-0.3, -0.25) is 0 Å². The first kappa shape index (κ1) is 23.8. The van der Waals surface area contributed by atoms with Gasteiger partial charge in [0.2, 0.25) is 0 Å². The summed E-state index contributed by atoms with van der Waals surface area (Å²) in [6.45, 7) is 7.08. The average molecular weight is 417 g/mol. The number of aryl methyl sites for hydroxylation is 2. The highest BCUT2D eigenvalue weighted by Crippen LogP contribution is 2.33. The Morgan fingerprint density at radius 1 is 0.700 bits per heavy atom. The van der Waals surface area contributed by atoms with Crippen LogP contribution in [0, 0.1) is 0 Å². The minimum absolute atomic E-state index is 0.211. The minimum Gasteiger partial charge on any atom is -0.504 e. The number of benzene rings is 2. The molecule has 0 aliphatic rings. The van der Waals surface area contributed by atoms with Crippen LogP contribution < -0.4 is 9.47 Å². The van der Waals surface area contributed by atoms with Crippen molar-refractivity contribution in [3.8, 4) is 23.0 Å². The molecule has 0 saturated carbocycles. The summed E-state index contributed by atoms with van der Waals surface area (Å²) in [5.41, 5.74) is 4.03. The molecule has 0 bridgehead atoms. The Labute approximate surface area is 180 Å². The molecule has 2 aromatic carbocycles. The molecule has 0 aliphatic heterocycles. The molecule has 0 atom stereocenters. The maximum Gasteiger partial charge on any atom is 0.162 e. The fraction of sp³-hybridized carbons (Fsp3) is 0.500. The lowest BCUT2D eigenvalue weighted by Crippen LogP contribution is -2.30. The van der Waals surface area contributed by atoms with Gasteiger partial charge in [0.25, 0.3) is 0 Å². The van der Waals surface area contributed by atoms with Crippen LogP contribution in [-0.4, -0.2) is 61.4 Å². The molecule has 0 radical (unpaired) electrons. The number of phenols is 2. The van der Waals surface area contributed by atoms with Crippen molar-refractivity contribution < 1.29 is 19.7 Å². The van der Waals surface area contributed by atoms with Crippen LogP contribution in [0.25, 0.3) is 0 Å². The zero-order valence-corrected chi connectivity index (χ0v) is 19.2. The van der Waals surface area contributed by atoms with Crippen LogP contribution in [0.2, 0.25) is 0 Å². The maximum absolute atomic E-state index is 10.5. The van der Waals surface area contributed by atoms with E-state index in [1.807, 2.05) is 38.4 Å². The largest absolute Gasteiger partial charge is 0.504 e. The standard InChI is InChI=1S/C24H36N2O4/c1-7-17-11-19(23(27)21(13-17)29-5)15-25(3)9-10-26(4)16-20-12-18(8-2)14-22(30-6)24(20)28/h11-14,27-28H,7-10,15-16H2,1-6H3. The Morgan fingerprint density at radius 3 is 1.37 bits per heavy atom. The SMILES string of the molecule is CCc1cc(CN(C)CCN(C)Cc2cc(CC)cc(OC)c2O)c(O)c(OC)c1. The van der Waals surface area contributed by atoms with Gasteiger partial charge in [0.05, 0.1) is 14.2 Å². The Balaban J connectivity index is 2.00. The summed E-state index contributed by atoms with van der Waals surface area (Å²) in [5, 5.41) is 20.9. The van der Waals surface area contributed by atoms with Crippen LogP contribution in [0.1, 0.15) is 36.1 Å². The molecule has 0 unspecified atom stereocenters. The van der Waals surface area contributed by atoms with E-state index in [2.05, 4.69) is 23.6 Å². The molecule has 166 valence electrons. The van der Waals surface area contributed by atoms with E-state index in [4.69, 9.17) is 9.47 Å². The topological polar surface area (TPSA) is 65.4 Å². The van der Waals surface area contributed by atoms with Crippen molar-refractivity contribution in [3.63, 3.8) is 0 Å². The van der Waals surface area contributed by atoms with E-state index in [9.17, 15) is 10.2 Å².